The molecule has 0 atom stereocenters. The Kier molecular flexibility index (Phi) is 3.99. The van der Waals surface area contributed by atoms with Crippen LogP contribution in [0.5, 0.6) is 0 Å². The first-order valence-electron chi connectivity index (χ1n) is 5.78. The smallest absolute Gasteiger partial charge is 0.222 e. The second-order valence-electron chi connectivity index (χ2n) is 3.95. The second-order valence-corrected chi connectivity index (χ2v) is 4.36. The average molecular weight is 263 g/mol. The molecule has 1 heterocycles. The molecule has 18 heavy (non-hydrogen) atoms. The van der Waals surface area contributed by atoms with E-state index in [9.17, 15) is 0 Å². The monoisotopic (exact) mass is 262 g/mol. The average Bonchev–Trinajstić information content (AvgIpc) is 2.40. The van der Waals surface area contributed by atoms with E-state index in [1.54, 1.807) is 0 Å². The van der Waals surface area contributed by atoms with Gasteiger partial charge in [0.2, 0.25) is 5.95 Å². The summed E-state index contributed by atoms with van der Waals surface area (Å²) in [6.07, 6.45) is 2.54. The number of nitrogens with zero attached hydrogens (tertiary/aromatic N) is 2. The molecule has 0 unspecified atom stereocenters. The number of nitrogen functional groups attached to an aromatic ring is 1. The predicted octanol–water partition coefficient (Wildman–Crippen LogP) is 2.89. The highest BCUT2D eigenvalue weighted by atomic mass is 35.5. The number of halogens is 1. The van der Waals surface area contributed by atoms with Crippen LogP contribution in [0, 0.1) is 0 Å². The van der Waals surface area contributed by atoms with Gasteiger partial charge in [-0.25, -0.2) is 4.98 Å². The number of nitrogens with two attached hydrogens (primary N) is 1. The fourth-order valence-corrected chi connectivity index (χ4v) is 1.74. The van der Waals surface area contributed by atoms with E-state index in [0.29, 0.717) is 17.4 Å². The Bertz CT molecular complexity index is 525. The van der Waals surface area contributed by atoms with Crippen LogP contribution in [0.25, 0.3) is 0 Å². The quantitative estimate of drug-likeness (QED) is 0.889. The summed E-state index contributed by atoms with van der Waals surface area (Å²) < 4.78 is 0. The van der Waals surface area contributed by atoms with Gasteiger partial charge in [-0.1, -0.05) is 42.8 Å². The topological polar surface area (TPSA) is 63.8 Å². The number of aryl methyl sites for hydroxylation is 1. The SMILES string of the molecule is CCc1ccc(CNc2nc(N)ncc2Cl)cc1. The lowest BCUT2D eigenvalue weighted by Crippen LogP contribution is -2.04. The van der Waals surface area contributed by atoms with Crippen molar-refractivity contribution < 1.29 is 0 Å². The molecule has 0 amide bonds. The standard InChI is InChI=1S/C13H15ClN4/c1-2-9-3-5-10(6-4-9)7-16-12-11(14)8-17-13(15)18-12/h3-6,8H,2,7H2,1H3,(H3,15,16,17,18). The molecule has 1 aromatic carbocycles. The zero-order valence-corrected chi connectivity index (χ0v) is 10.9. The van der Waals surface area contributed by atoms with Crippen molar-refractivity contribution in [1.29, 1.82) is 0 Å². The van der Waals surface area contributed by atoms with Gasteiger partial charge in [-0.2, -0.15) is 4.98 Å². The fraction of sp³-hybridized carbons (Fsp3) is 0.231. The van der Waals surface area contributed by atoms with Gasteiger partial charge in [-0.05, 0) is 17.5 Å². The molecular weight excluding hydrogens is 248 g/mol. The van der Waals surface area contributed by atoms with Crippen LogP contribution in [-0.2, 0) is 13.0 Å². The fourth-order valence-electron chi connectivity index (χ4n) is 1.58. The summed E-state index contributed by atoms with van der Waals surface area (Å²) in [6.45, 7) is 2.79. The van der Waals surface area contributed by atoms with Crippen molar-refractivity contribution >= 4 is 23.4 Å². The number of hydrogen-bond donors (Lipinski definition) is 2. The molecule has 4 nitrogen and oxygen atoms in total. The second kappa shape index (κ2) is 5.69. The van der Waals surface area contributed by atoms with Gasteiger partial charge in [-0.15, -0.1) is 0 Å². The molecular formula is C13H15ClN4. The molecule has 2 rings (SSSR count). The number of hydrogen-bond acceptors (Lipinski definition) is 4. The van der Waals surface area contributed by atoms with Crippen LogP contribution in [0.2, 0.25) is 5.02 Å². The third-order valence-electron chi connectivity index (χ3n) is 2.65. The minimum Gasteiger partial charge on any atom is -0.368 e. The van der Waals surface area contributed by atoms with Gasteiger partial charge >= 0.3 is 0 Å². The van der Waals surface area contributed by atoms with E-state index in [4.69, 9.17) is 17.3 Å². The third kappa shape index (κ3) is 3.11. The lowest BCUT2D eigenvalue weighted by molar-refractivity contribution is 1.08. The molecule has 0 aliphatic rings. The van der Waals surface area contributed by atoms with Crippen molar-refractivity contribution in [3.63, 3.8) is 0 Å². The van der Waals surface area contributed by atoms with Crippen LogP contribution in [-0.4, -0.2) is 9.97 Å². The normalized spacial score (nSPS) is 10.3. The molecule has 0 radical (unpaired) electrons. The number of benzene rings is 1. The van der Waals surface area contributed by atoms with Crippen LogP contribution >= 0.6 is 11.6 Å². The van der Waals surface area contributed by atoms with Crippen molar-refractivity contribution in [2.75, 3.05) is 11.1 Å². The van der Waals surface area contributed by atoms with E-state index in [-0.39, 0.29) is 5.95 Å². The van der Waals surface area contributed by atoms with E-state index < -0.39 is 0 Å². The zero-order valence-electron chi connectivity index (χ0n) is 10.2. The Morgan fingerprint density at radius 2 is 1.89 bits per heavy atom. The molecule has 0 saturated heterocycles. The van der Waals surface area contributed by atoms with Gasteiger partial charge in [0.05, 0.1) is 6.20 Å². The van der Waals surface area contributed by atoms with Crippen LogP contribution in [0.4, 0.5) is 11.8 Å². The van der Waals surface area contributed by atoms with Crippen molar-refractivity contribution in [1.82, 2.24) is 9.97 Å². The minimum absolute atomic E-state index is 0.211. The van der Waals surface area contributed by atoms with E-state index in [0.717, 1.165) is 6.42 Å². The highest BCUT2D eigenvalue weighted by Gasteiger charge is 2.03. The maximum atomic E-state index is 5.97. The lowest BCUT2D eigenvalue weighted by Gasteiger charge is -2.08. The van der Waals surface area contributed by atoms with Crippen molar-refractivity contribution in [2.24, 2.45) is 0 Å². The molecule has 0 fully saturated rings. The summed E-state index contributed by atoms with van der Waals surface area (Å²) in [5, 5.41) is 3.61. The summed E-state index contributed by atoms with van der Waals surface area (Å²) >= 11 is 5.97. The van der Waals surface area contributed by atoms with Gasteiger partial charge in [-0.3, -0.25) is 0 Å². The van der Waals surface area contributed by atoms with Crippen molar-refractivity contribution in [3.05, 3.63) is 46.6 Å². The Morgan fingerprint density at radius 3 is 2.56 bits per heavy atom. The third-order valence-corrected chi connectivity index (χ3v) is 2.93. The summed E-state index contributed by atoms with van der Waals surface area (Å²) in [6, 6.07) is 8.41. The van der Waals surface area contributed by atoms with Crippen molar-refractivity contribution in [3.8, 4) is 0 Å². The van der Waals surface area contributed by atoms with Gasteiger partial charge in [0.25, 0.3) is 0 Å². The van der Waals surface area contributed by atoms with Crippen LogP contribution in [0.3, 0.4) is 0 Å². The first kappa shape index (κ1) is 12.6. The van der Waals surface area contributed by atoms with Crippen LogP contribution < -0.4 is 11.1 Å². The van der Waals surface area contributed by atoms with E-state index in [1.807, 2.05) is 0 Å². The first-order valence-corrected chi connectivity index (χ1v) is 6.16. The summed E-state index contributed by atoms with van der Waals surface area (Å²) in [7, 11) is 0. The Morgan fingerprint density at radius 1 is 1.22 bits per heavy atom. The van der Waals surface area contributed by atoms with Gasteiger partial charge in [0.15, 0.2) is 5.82 Å². The molecule has 0 aliphatic heterocycles. The minimum atomic E-state index is 0.211. The highest BCUT2D eigenvalue weighted by molar-refractivity contribution is 6.32. The van der Waals surface area contributed by atoms with Crippen LogP contribution in [0.15, 0.2) is 30.5 Å². The lowest BCUT2D eigenvalue weighted by atomic mass is 10.1. The molecule has 0 spiro atoms. The molecule has 0 saturated carbocycles. The molecule has 2 aromatic rings. The first-order chi connectivity index (χ1) is 8.69. The number of anilines is 2. The number of rotatable bonds is 4. The summed E-state index contributed by atoms with van der Waals surface area (Å²) in [5.41, 5.74) is 8.00. The molecule has 1 aromatic heterocycles. The zero-order chi connectivity index (χ0) is 13.0. The molecule has 0 aliphatic carbocycles. The maximum Gasteiger partial charge on any atom is 0.222 e. The Hall–Kier alpha value is -1.81. The summed E-state index contributed by atoms with van der Waals surface area (Å²) in [4.78, 5) is 7.86. The number of aromatic nitrogens is 2. The Balaban J connectivity index is 2.04. The molecule has 0 bridgehead atoms. The predicted molar refractivity (Wildman–Crippen MR) is 74.6 cm³/mol. The largest absolute Gasteiger partial charge is 0.368 e. The van der Waals surface area contributed by atoms with Crippen LogP contribution in [0.1, 0.15) is 18.1 Å². The van der Waals surface area contributed by atoms with Gasteiger partial charge < -0.3 is 11.1 Å². The number of nitrogens with one attached hydrogen (secondary N) is 1. The maximum absolute atomic E-state index is 5.97. The van der Waals surface area contributed by atoms with E-state index >= 15 is 0 Å². The molecule has 3 N–H and O–H groups in total. The van der Waals surface area contributed by atoms with E-state index in [2.05, 4.69) is 46.5 Å². The van der Waals surface area contributed by atoms with Gasteiger partial charge in [0.1, 0.15) is 5.02 Å². The Labute approximate surface area is 111 Å². The van der Waals surface area contributed by atoms with Gasteiger partial charge in [0, 0.05) is 6.54 Å². The summed E-state index contributed by atoms with van der Waals surface area (Å²) in [5.74, 6) is 0.770. The van der Waals surface area contributed by atoms with Crippen molar-refractivity contribution in [2.45, 2.75) is 19.9 Å². The highest BCUT2D eigenvalue weighted by Crippen LogP contribution is 2.19. The molecule has 94 valence electrons. The molecule has 5 heteroatoms. The van der Waals surface area contributed by atoms with E-state index in [1.165, 1.54) is 17.3 Å².